The number of amides is 1. The van der Waals surface area contributed by atoms with Crippen molar-refractivity contribution >= 4 is 5.91 Å². The summed E-state index contributed by atoms with van der Waals surface area (Å²) >= 11 is 0. The molecule has 2 aliphatic rings. The van der Waals surface area contributed by atoms with Gasteiger partial charge in [0.1, 0.15) is 0 Å². The molecule has 0 spiro atoms. The van der Waals surface area contributed by atoms with E-state index in [1.807, 2.05) is 0 Å². The van der Waals surface area contributed by atoms with Gasteiger partial charge >= 0.3 is 0 Å². The summed E-state index contributed by atoms with van der Waals surface area (Å²) in [6.07, 6.45) is 2.18. The van der Waals surface area contributed by atoms with Crippen LogP contribution in [0, 0.1) is 11.3 Å². The SMILES string of the molecule is CC1(C)CNC1CNC(=O)C1CC1. The van der Waals surface area contributed by atoms with Crippen LogP contribution in [0.4, 0.5) is 0 Å². The van der Waals surface area contributed by atoms with Gasteiger partial charge < -0.3 is 10.6 Å². The van der Waals surface area contributed by atoms with E-state index in [0.29, 0.717) is 17.4 Å². The molecule has 1 aliphatic carbocycles. The second-order valence-corrected chi connectivity index (χ2v) is 4.94. The molecule has 3 nitrogen and oxygen atoms in total. The lowest BCUT2D eigenvalue weighted by atomic mass is 9.77. The monoisotopic (exact) mass is 182 g/mol. The van der Waals surface area contributed by atoms with E-state index in [1.165, 1.54) is 0 Å². The van der Waals surface area contributed by atoms with Crippen LogP contribution >= 0.6 is 0 Å². The molecular weight excluding hydrogens is 164 g/mol. The van der Waals surface area contributed by atoms with Crippen molar-refractivity contribution < 1.29 is 4.79 Å². The first-order valence-electron chi connectivity index (χ1n) is 5.11. The van der Waals surface area contributed by atoms with Crippen molar-refractivity contribution in [2.75, 3.05) is 13.1 Å². The molecule has 0 bridgehead atoms. The number of hydrogen-bond acceptors (Lipinski definition) is 2. The second kappa shape index (κ2) is 2.98. The largest absolute Gasteiger partial charge is 0.354 e. The van der Waals surface area contributed by atoms with Crippen molar-refractivity contribution in [1.82, 2.24) is 10.6 Å². The molecule has 1 heterocycles. The third kappa shape index (κ3) is 1.85. The summed E-state index contributed by atoms with van der Waals surface area (Å²) < 4.78 is 0. The fourth-order valence-corrected chi connectivity index (χ4v) is 1.70. The van der Waals surface area contributed by atoms with Crippen molar-refractivity contribution in [3.05, 3.63) is 0 Å². The molecule has 1 atom stereocenters. The van der Waals surface area contributed by atoms with E-state index in [9.17, 15) is 4.79 Å². The highest BCUT2D eigenvalue weighted by atomic mass is 16.2. The van der Waals surface area contributed by atoms with Crippen LogP contribution in [0.15, 0.2) is 0 Å². The molecular formula is C10H18N2O. The molecule has 1 aliphatic heterocycles. The molecule has 2 rings (SSSR count). The predicted octanol–water partition coefficient (Wildman–Crippen LogP) is 0.511. The van der Waals surface area contributed by atoms with Crippen molar-refractivity contribution in [1.29, 1.82) is 0 Å². The fourth-order valence-electron chi connectivity index (χ4n) is 1.70. The topological polar surface area (TPSA) is 41.1 Å². The van der Waals surface area contributed by atoms with Gasteiger partial charge in [-0.05, 0) is 18.3 Å². The minimum atomic E-state index is 0.254. The molecule has 1 amide bonds. The maximum absolute atomic E-state index is 11.3. The zero-order valence-electron chi connectivity index (χ0n) is 8.39. The van der Waals surface area contributed by atoms with Crippen molar-refractivity contribution in [2.45, 2.75) is 32.7 Å². The van der Waals surface area contributed by atoms with E-state index in [-0.39, 0.29) is 5.91 Å². The molecule has 2 N–H and O–H groups in total. The number of nitrogens with one attached hydrogen (secondary N) is 2. The Hall–Kier alpha value is -0.570. The summed E-state index contributed by atoms with van der Waals surface area (Å²) in [6, 6.07) is 0.468. The van der Waals surface area contributed by atoms with Gasteiger partial charge in [0.15, 0.2) is 0 Å². The first kappa shape index (κ1) is 9.00. The van der Waals surface area contributed by atoms with Crippen LogP contribution in [0.2, 0.25) is 0 Å². The van der Waals surface area contributed by atoms with Crippen LogP contribution in [0.3, 0.4) is 0 Å². The molecule has 0 aromatic heterocycles. The number of carbonyl (C=O) groups excluding carboxylic acids is 1. The van der Waals surface area contributed by atoms with Gasteiger partial charge in [0.2, 0.25) is 5.91 Å². The van der Waals surface area contributed by atoms with Crippen LogP contribution in [-0.2, 0) is 4.79 Å². The molecule has 0 aromatic carbocycles. The molecule has 13 heavy (non-hydrogen) atoms. The Kier molecular flexibility index (Phi) is 2.06. The Morgan fingerprint density at radius 2 is 2.23 bits per heavy atom. The standard InChI is InChI=1S/C10H18N2O/c1-10(2)6-12-8(10)5-11-9(13)7-3-4-7/h7-8,12H,3-6H2,1-2H3,(H,11,13). The van der Waals surface area contributed by atoms with Gasteiger partial charge in [-0.1, -0.05) is 13.8 Å². The highest BCUT2D eigenvalue weighted by Gasteiger charge is 2.38. The smallest absolute Gasteiger partial charge is 0.223 e. The van der Waals surface area contributed by atoms with Gasteiger partial charge in [0, 0.05) is 25.0 Å². The maximum atomic E-state index is 11.3. The normalized spacial score (nSPS) is 30.8. The highest BCUT2D eigenvalue weighted by Crippen LogP contribution is 2.30. The molecule has 1 unspecified atom stereocenters. The summed E-state index contributed by atoms with van der Waals surface area (Å²) in [5.74, 6) is 0.590. The van der Waals surface area contributed by atoms with Gasteiger partial charge in [-0.15, -0.1) is 0 Å². The van der Waals surface area contributed by atoms with Crippen molar-refractivity contribution in [3.63, 3.8) is 0 Å². The van der Waals surface area contributed by atoms with E-state index in [1.54, 1.807) is 0 Å². The van der Waals surface area contributed by atoms with E-state index in [0.717, 1.165) is 25.9 Å². The zero-order chi connectivity index (χ0) is 9.47. The third-order valence-electron chi connectivity index (χ3n) is 3.18. The van der Waals surface area contributed by atoms with Crippen LogP contribution in [0.1, 0.15) is 26.7 Å². The van der Waals surface area contributed by atoms with Crippen LogP contribution < -0.4 is 10.6 Å². The Morgan fingerprint density at radius 3 is 2.62 bits per heavy atom. The summed E-state index contributed by atoms with van der Waals surface area (Å²) in [6.45, 7) is 6.33. The van der Waals surface area contributed by atoms with Crippen molar-refractivity contribution in [2.24, 2.45) is 11.3 Å². The Morgan fingerprint density at radius 1 is 1.54 bits per heavy atom. The summed E-state index contributed by atoms with van der Waals surface area (Å²) in [5, 5.41) is 6.34. The molecule has 1 saturated heterocycles. The van der Waals surface area contributed by atoms with Crippen LogP contribution in [-0.4, -0.2) is 25.0 Å². The minimum Gasteiger partial charge on any atom is -0.354 e. The van der Waals surface area contributed by atoms with E-state index in [2.05, 4.69) is 24.5 Å². The molecule has 0 aromatic rings. The van der Waals surface area contributed by atoms with E-state index < -0.39 is 0 Å². The van der Waals surface area contributed by atoms with Gasteiger partial charge in [0.05, 0.1) is 0 Å². The number of carbonyl (C=O) groups is 1. The quantitative estimate of drug-likeness (QED) is 0.667. The Bertz CT molecular complexity index is 221. The van der Waals surface area contributed by atoms with E-state index >= 15 is 0 Å². The summed E-state index contributed by atoms with van der Waals surface area (Å²) in [4.78, 5) is 11.3. The first-order chi connectivity index (χ1) is 6.09. The lowest BCUT2D eigenvalue weighted by Crippen LogP contribution is -2.63. The van der Waals surface area contributed by atoms with Gasteiger partial charge in [0.25, 0.3) is 0 Å². The van der Waals surface area contributed by atoms with Gasteiger partial charge in [-0.2, -0.15) is 0 Å². The highest BCUT2D eigenvalue weighted by molar-refractivity contribution is 5.80. The average molecular weight is 182 g/mol. The second-order valence-electron chi connectivity index (χ2n) is 4.94. The van der Waals surface area contributed by atoms with Crippen molar-refractivity contribution in [3.8, 4) is 0 Å². The molecule has 0 radical (unpaired) electrons. The zero-order valence-corrected chi connectivity index (χ0v) is 8.39. The Balaban J connectivity index is 1.70. The fraction of sp³-hybridized carbons (Fsp3) is 0.900. The number of hydrogen-bond donors (Lipinski definition) is 2. The molecule has 74 valence electrons. The molecule has 1 saturated carbocycles. The first-order valence-corrected chi connectivity index (χ1v) is 5.11. The third-order valence-corrected chi connectivity index (χ3v) is 3.18. The number of rotatable bonds is 3. The summed E-state index contributed by atoms with van der Waals surface area (Å²) in [7, 11) is 0. The van der Waals surface area contributed by atoms with Gasteiger partial charge in [-0.3, -0.25) is 4.79 Å². The average Bonchev–Trinajstić information content (AvgIpc) is 2.84. The lowest BCUT2D eigenvalue weighted by Gasteiger charge is -2.45. The molecule has 3 heteroatoms. The predicted molar refractivity (Wildman–Crippen MR) is 51.3 cm³/mol. The Labute approximate surface area is 79.3 Å². The maximum Gasteiger partial charge on any atom is 0.223 e. The van der Waals surface area contributed by atoms with Crippen LogP contribution in [0.25, 0.3) is 0 Å². The van der Waals surface area contributed by atoms with Gasteiger partial charge in [-0.25, -0.2) is 0 Å². The lowest BCUT2D eigenvalue weighted by molar-refractivity contribution is -0.122. The minimum absolute atomic E-state index is 0.254. The van der Waals surface area contributed by atoms with E-state index in [4.69, 9.17) is 0 Å². The summed E-state index contributed by atoms with van der Waals surface area (Å²) in [5.41, 5.74) is 0.358. The van der Waals surface area contributed by atoms with Crippen LogP contribution in [0.5, 0.6) is 0 Å². The molecule has 2 fully saturated rings.